The molecule has 1 heterocycles. The Hall–Kier alpha value is -0.630. The third kappa shape index (κ3) is 2.20. The van der Waals surface area contributed by atoms with Crippen LogP contribution in [0.25, 0.3) is 0 Å². The lowest BCUT2D eigenvalue weighted by molar-refractivity contribution is 0.482. The Labute approximate surface area is 110 Å². The molecule has 1 aromatic carbocycles. The van der Waals surface area contributed by atoms with Crippen LogP contribution in [0.2, 0.25) is 0 Å². The number of hydrogen-bond donors (Lipinski definition) is 1. The first-order valence-corrected chi connectivity index (χ1v) is 7.29. The van der Waals surface area contributed by atoms with Crippen LogP contribution in [0.1, 0.15) is 25.3 Å². The van der Waals surface area contributed by atoms with E-state index in [9.17, 15) is 0 Å². The third-order valence-corrected chi connectivity index (χ3v) is 4.92. The van der Waals surface area contributed by atoms with E-state index in [1.54, 1.807) is 0 Å². The lowest BCUT2D eigenvalue weighted by Gasteiger charge is -2.37. The fourth-order valence-corrected chi connectivity index (χ4v) is 3.42. The van der Waals surface area contributed by atoms with Gasteiger partial charge in [0, 0.05) is 18.8 Å². The average Bonchev–Trinajstić information content (AvgIpc) is 3.09. The fraction of sp³-hybridized carbons (Fsp3) is 0.600. The van der Waals surface area contributed by atoms with E-state index in [0.717, 1.165) is 11.7 Å². The van der Waals surface area contributed by atoms with Crippen molar-refractivity contribution in [1.82, 2.24) is 0 Å². The lowest BCUT2D eigenvalue weighted by Crippen LogP contribution is -2.38. The van der Waals surface area contributed by atoms with Gasteiger partial charge in [-0.2, -0.15) is 12.6 Å². The van der Waals surface area contributed by atoms with Crippen molar-refractivity contribution in [2.24, 2.45) is 11.3 Å². The first-order chi connectivity index (χ1) is 8.22. The molecule has 2 aliphatic rings. The zero-order chi connectivity index (χ0) is 11.9. The number of rotatable bonds is 3. The fourth-order valence-electron chi connectivity index (χ4n) is 3.00. The highest BCUT2D eigenvalue weighted by Gasteiger charge is 2.43. The molecule has 92 valence electrons. The van der Waals surface area contributed by atoms with Gasteiger partial charge in [-0.25, -0.2) is 0 Å². The number of benzene rings is 1. The van der Waals surface area contributed by atoms with Gasteiger partial charge in [0.1, 0.15) is 0 Å². The van der Waals surface area contributed by atoms with Crippen molar-refractivity contribution in [3.8, 4) is 0 Å². The Morgan fingerprint density at radius 3 is 2.82 bits per heavy atom. The van der Waals surface area contributed by atoms with Crippen molar-refractivity contribution in [3.05, 3.63) is 29.8 Å². The molecule has 1 atom stereocenters. The molecule has 0 bridgehead atoms. The third-order valence-electron chi connectivity index (χ3n) is 4.25. The summed E-state index contributed by atoms with van der Waals surface area (Å²) in [7, 11) is 0. The molecular formula is C15H21NS. The summed E-state index contributed by atoms with van der Waals surface area (Å²) < 4.78 is 0. The largest absolute Gasteiger partial charge is 0.370 e. The average molecular weight is 247 g/mol. The normalized spacial score (nSPS) is 25.5. The molecule has 2 heteroatoms. The van der Waals surface area contributed by atoms with Gasteiger partial charge in [-0.05, 0) is 48.0 Å². The standard InChI is InChI=1S/C15H21NS/c1-12-8-13-4-2-3-5-14(13)16(9-12)10-15(11-17)6-7-15/h2-5,12,17H,6-11H2,1H3. The van der Waals surface area contributed by atoms with Gasteiger partial charge >= 0.3 is 0 Å². The van der Waals surface area contributed by atoms with Crippen LogP contribution in [0.4, 0.5) is 5.69 Å². The van der Waals surface area contributed by atoms with Crippen LogP contribution in [0, 0.1) is 11.3 Å². The Balaban J connectivity index is 1.85. The predicted octanol–water partition coefficient (Wildman–Crippen LogP) is 3.40. The van der Waals surface area contributed by atoms with E-state index in [1.165, 1.54) is 43.6 Å². The van der Waals surface area contributed by atoms with Crippen molar-refractivity contribution >= 4 is 18.3 Å². The van der Waals surface area contributed by atoms with Gasteiger partial charge in [-0.1, -0.05) is 25.1 Å². The van der Waals surface area contributed by atoms with Crippen molar-refractivity contribution in [2.75, 3.05) is 23.7 Å². The van der Waals surface area contributed by atoms with Crippen molar-refractivity contribution in [2.45, 2.75) is 26.2 Å². The van der Waals surface area contributed by atoms with E-state index in [0.29, 0.717) is 5.41 Å². The molecule has 1 nitrogen and oxygen atoms in total. The maximum atomic E-state index is 4.53. The highest BCUT2D eigenvalue weighted by atomic mass is 32.1. The van der Waals surface area contributed by atoms with Gasteiger partial charge in [-0.3, -0.25) is 0 Å². The number of nitrogens with zero attached hydrogens (tertiary/aromatic N) is 1. The smallest absolute Gasteiger partial charge is 0.0399 e. The first kappa shape index (κ1) is 11.5. The molecule has 1 unspecified atom stereocenters. The van der Waals surface area contributed by atoms with Crippen LogP contribution in [0.15, 0.2) is 24.3 Å². The number of thiol groups is 1. The summed E-state index contributed by atoms with van der Waals surface area (Å²) in [6.45, 7) is 4.79. The topological polar surface area (TPSA) is 3.24 Å². The molecule has 1 aliphatic heterocycles. The summed E-state index contributed by atoms with van der Waals surface area (Å²) in [5.41, 5.74) is 3.52. The molecule has 0 spiro atoms. The molecule has 0 amide bonds. The Morgan fingerprint density at radius 1 is 1.35 bits per heavy atom. The van der Waals surface area contributed by atoms with E-state index in [4.69, 9.17) is 0 Å². The molecule has 1 aliphatic carbocycles. The summed E-state index contributed by atoms with van der Waals surface area (Å²) in [4.78, 5) is 2.60. The second-order valence-electron chi connectivity index (χ2n) is 5.98. The number of para-hydroxylation sites is 1. The number of hydrogen-bond acceptors (Lipinski definition) is 2. The summed E-state index contributed by atoms with van der Waals surface area (Å²) in [5.74, 6) is 1.82. The quantitative estimate of drug-likeness (QED) is 0.801. The summed E-state index contributed by atoms with van der Waals surface area (Å²) in [5, 5.41) is 0. The molecule has 1 fully saturated rings. The zero-order valence-electron chi connectivity index (χ0n) is 10.5. The molecular weight excluding hydrogens is 226 g/mol. The maximum absolute atomic E-state index is 4.53. The maximum Gasteiger partial charge on any atom is 0.0399 e. The number of fused-ring (bicyclic) bond motifs is 1. The molecule has 17 heavy (non-hydrogen) atoms. The van der Waals surface area contributed by atoms with E-state index >= 15 is 0 Å². The van der Waals surface area contributed by atoms with Crippen LogP contribution in [0.3, 0.4) is 0 Å². The summed E-state index contributed by atoms with van der Waals surface area (Å²) >= 11 is 4.53. The highest BCUT2D eigenvalue weighted by Crippen LogP contribution is 2.48. The molecule has 1 aromatic rings. The van der Waals surface area contributed by atoms with E-state index in [2.05, 4.69) is 48.7 Å². The van der Waals surface area contributed by atoms with E-state index in [-0.39, 0.29) is 0 Å². The monoisotopic (exact) mass is 247 g/mol. The number of anilines is 1. The minimum Gasteiger partial charge on any atom is -0.370 e. The lowest BCUT2D eigenvalue weighted by atomic mass is 9.93. The van der Waals surface area contributed by atoms with Gasteiger partial charge in [0.15, 0.2) is 0 Å². The van der Waals surface area contributed by atoms with Crippen molar-refractivity contribution < 1.29 is 0 Å². The van der Waals surface area contributed by atoms with E-state index < -0.39 is 0 Å². The van der Waals surface area contributed by atoms with Gasteiger partial charge in [-0.15, -0.1) is 0 Å². The minimum atomic E-state index is 0.521. The summed E-state index contributed by atoms with van der Waals surface area (Å²) in [6, 6.07) is 8.91. The van der Waals surface area contributed by atoms with Gasteiger partial charge < -0.3 is 4.90 Å². The van der Waals surface area contributed by atoms with E-state index in [1.807, 2.05) is 0 Å². The second kappa shape index (κ2) is 4.24. The van der Waals surface area contributed by atoms with Gasteiger partial charge in [0.2, 0.25) is 0 Å². The van der Waals surface area contributed by atoms with Gasteiger partial charge in [0.25, 0.3) is 0 Å². The molecule has 0 N–H and O–H groups in total. The molecule has 0 saturated heterocycles. The second-order valence-corrected chi connectivity index (χ2v) is 6.29. The van der Waals surface area contributed by atoms with Gasteiger partial charge in [0.05, 0.1) is 0 Å². The SMILES string of the molecule is CC1Cc2ccccc2N(CC2(CS)CC2)C1. The van der Waals surface area contributed by atoms with Crippen molar-refractivity contribution in [1.29, 1.82) is 0 Å². The minimum absolute atomic E-state index is 0.521. The Bertz CT molecular complexity index is 411. The van der Waals surface area contributed by atoms with Crippen LogP contribution in [-0.4, -0.2) is 18.8 Å². The predicted molar refractivity (Wildman–Crippen MR) is 77.0 cm³/mol. The first-order valence-electron chi connectivity index (χ1n) is 6.66. The highest BCUT2D eigenvalue weighted by molar-refractivity contribution is 7.80. The molecule has 3 rings (SSSR count). The van der Waals surface area contributed by atoms with Crippen LogP contribution in [-0.2, 0) is 6.42 Å². The summed E-state index contributed by atoms with van der Waals surface area (Å²) in [6.07, 6.45) is 3.97. The van der Waals surface area contributed by atoms with Crippen LogP contribution < -0.4 is 4.90 Å². The van der Waals surface area contributed by atoms with Crippen LogP contribution >= 0.6 is 12.6 Å². The Morgan fingerprint density at radius 2 is 2.12 bits per heavy atom. The zero-order valence-corrected chi connectivity index (χ0v) is 11.4. The van der Waals surface area contributed by atoms with Crippen molar-refractivity contribution in [3.63, 3.8) is 0 Å². The molecule has 0 radical (unpaired) electrons. The molecule has 1 saturated carbocycles. The molecule has 0 aromatic heterocycles. The Kier molecular flexibility index (Phi) is 2.86. The van der Waals surface area contributed by atoms with Crippen LogP contribution in [0.5, 0.6) is 0 Å².